The second-order valence-corrected chi connectivity index (χ2v) is 10.2. The Bertz CT molecular complexity index is 1440. The fourth-order valence-electron chi connectivity index (χ4n) is 4.59. The van der Waals surface area contributed by atoms with Gasteiger partial charge in [-0.25, -0.2) is 5.48 Å². The van der Waals surface area contributed by atoms with Gasteiger partial charge in [-0.3, -0.25) is 19.2 Å². The van der Waals surface area contributed by atoms with E-state index >= 15 is 0 Å². The van der Waals surface area contributed by atoms with Gasteiger partial charge in [0.1, 0.15) is 0 Å². The number of carbonyl (C=O) groups is 3. The molecule has 208 valence electrons. The molecule has 9 heteroatoms. The van der Waals surface area contributed by atoms with Gasteiger partial charge >= 0.3 is 0 Å². The molecule has 0 spiro atoms. The number of fused-ring (bicyclic) bond motifs is 1. The largest absolute Gasteiger partial charge is 0.444 e. The van der Waals surface area contributed by atoms with Crippen LogP contribution in [0.5, 0.6) is 0 Å². The van der Waals surface area contributed by atoms with Crippen molar-refractivity contribution in [1.29, 1.82) is 0 Å². The van der Waals surface area contributed by atoms with Gasteiger partial charge in [0.15, 0.2) is 10.4 Å². The average Bonchev–Trinajstić information content (AvgIpc) is 3.41. The highest BCUT2D eigenvalue weighted by atomic mass is 79.9. The summed E-state index contributed by atoms with van der Waals surface area (Å²) in [4.78, 5) is 44.3. The minimum atomic E-state index is -0.647. The fourth-order valence-corrected chi connectivity index (χ4v) is 4.90. The number of hydrogen-bond donors (Lipinski definition) is 3. The number of carbonyl (C=O) groups excluding carboxylic acids is 3. The summed E-state index contributed by atoms with van der Waals surface area (Å²) in [7, 11) is 0. The van der Waals surface area contributed by atoms with Gasteiger partial charge in [0.05, 0.1) is 19.2 Å². The van der Waals surface area contributed by atoms with Crippen LogP contribution in [-0.2, 0) is 27.5 Å². The average molecular weight is 607 g/mol. The van der Waals surface area contributed by atoms with E-state index in [9.17, 15) is 14.4 Å². The monoisotopic (exact) mass is 605 g/mol. The van der Waals surface area contributed by atoms with Gasteiger partial charge < -0.3 is 15.1 Å². The molecule has 0 aliphatic carbocycles. The summed E-state index contributed by atoms with van der Waals surface area (Å²) in [5.74, 6) is -2.30. The number of rotatable bonds is 13. The van der Waals surface area contributed by atoms with Gasteiger partial charge in [-0.15, -0.1) is 0 Å². The molecule has 0 aliphatic rings. The van der Waals surface area contributed by atoms with Gasteiger partial charge in [0.25, 0.3) is 5.91 Å². The predicted octanol–water partition coefficient (Wildman–Crippen LogP) is 5.52. The molecule has 0 saturated carbocycles. The van der Waals surface area contributed by atoms with E-state index < -0.39 is 17.7 Å². The molecule has 3 N–H and O–H groups in total. The summed E-state index contributed by atoms with van der Waals surface area (Å²) in [5.41, 5.74) is 4.52. The second-order valence-electron chi connectivity index (χ2n) is 9.41. The molecule has 1 aromatic heterocycles. The summed E-state index contributed by atoms with van der Waals surface area (Å²) in [6.07, 6.45) is 1.47. The smallest absolute Gasteiger partial charge is 0.288 e. The first-order valence-electron chi connectivity index (χ1n) is 13.2. The molecule has 4 aromatic rings. The highest BCUT2D eigenvalue weighted by Crippen LogP contribution is 2.24. The van der Waals surface area contributed by atoms with Crippen molar-refractivity contribution in [2.75, 3.05) is 6.67 Å². The Morgan fingerprint density at radius 2 is 1.57 bits per heavy atom. The van der Waals surface area contributed by atoms with Crippen LogP contribution in [0.15, 0.2) is 94.0 Å². The minimum absolute atomic E-state index is 0.106. The molecule has 0 fully saturated rings. The maximum Gasteiger partial charge on any atom is 0.288 e. The maximum atomic E-state index is 13.4. The molecule has 3 amide bonds. The zero-order chi connectivity index (χ0) is 28.3. The van der Waals surface area contributed by atoms with Crippen LogP contribution >= 0.6 is 15.9 Å². The van der Waals surface area contributed by atoms with Crippen LogP contribution in [0.25, 0.3) is 10.8 Å². The third-order valence-electron chi connectivity index (χ3n) is 6.72. The highest BCUT2D eigenvalue weighted by Gasteiger charge is 2.32. The Hall–Kier alpha value is -3.95. The molecule has 0 saturated heterocycles. The van der Waals surface area contributed by atoms with Crippen LogP contribution in [0.4, 0.5) is 0 Å². The number of benzene rings is 3. The minimum Gasteiger partial charge on any atom is -0.444 e. The number of nitrogens with one attached hydrogen (secondary N) is 3. The Balaban J connectivity index is 1.41. The van der Waals surface area contributed by atoms with Gasteiger partial charge in [0, 0.05) is 5.92 Å². The number of hydroxylamine groups is 1. The number of furan rings is 1. The zero-order valence-corrected chi connectivity index (χ0v) is 23.8. The third kappa shape index (κ3) is 8.03. The summed E-state index contributed by atoms with van der Waals surface area (Å²) >= 11 is 3.16. The molecule has 8 nitrogen and oxygen atoms in total. The van der Waals surface area contributed by atoms with E-state index in [0.717, 1.165) is 21.9 Å². The van der Waals surface area contributed by atoms with Crippen molar-refractivity contribution in [1.82, 2.24) is 16.1 Å². The Morgan fingerprint density at radius 1 is 0.825 bits per heavy atom. The third-order valence-corrected chi connectivity index (χ3v) is 7.15. The molecule has 0 bridgehead atoms. The van der Waals surface area contributed by atoms with Crippen molar-refractivity contribution in [2.45, 2.75) is 32.8 Å². The lowest BCUT2D eigenvalue weighted by Gasteiger charge is -2.25. The first kappa shape index (κ1) is 29.0. The van der Waals surface area contributed by atoms with Crippen LogP contribution < -0.4 is 16.1 Å². The molecule has 40 heavy (non-hydrogen) atoms. The van der Waals surface area contributed by atoms with E-state index in [-0.39, 0.29) is 30.9 Å². The van der Waals surface area contributed by atoms with E-state index in [4.69, 9.17) is 9.25 Å². The molecule has 0 radical (unpaired) electrons. The van der Waals surface area contributed by atoms with Crippen molar-refractivity contribution in [3.8, 4) is 0 Å². The van der Waals surface area contributed by atoms with Crippen LogP contribution in [-0.4, -0.2) is 24.4 Å². The molecule has 4 rings (SSSR count). The quantitative estimate of drug-likeness (QED) is 0.137. The standard InChI is InChI=1S/C31H32BrN3O5/c1-2-25(30(37)35-39-19-22-8-4-3-5-9-22)26(15-13-21-12-14-23-10-6-7-11-24(23)18-21)29(36)33-20-34-31(38)27-16-17-28(32)40-27/h3-12,14,16-18,25-26H,2,13,15,19-20H2,1H3,(H,33,36)(H,34,38)(H,35,37)/t25-,26-/m1/s1. The predicted molar refractivity (Wildman–Crippen MR) is 156 cm³/mol. The number of hydrogen-bond acceptors (Lipinski definition) is 5. The Labute approximate surface area is 241 Å². The Morgan fingerprint density at radius 3 is 2.30 bits per heavy atom. The number of amides is 3. The van der Waals surface area contributed by atoms with Gasteiger partial charge in [0.2, 0.25) is 11.8 Å². The number of halogens is 1. The zero-order valence-electron chi connectivity index (χ0n) is 22.2. The molecule has 0 unspecified atom stereocenters. The molecular formula is C31H32BrN3O5. The van der Waals surface area contributed by atoms with Gasteiger partial charge in [-0.1, -0.05) is 79.7 Å². The molecule has 3 aromatic carbocycles. The first-order valence-corrected chi connectivity index (χ1v) is 14.0. The van der Waals surface area contributed by atoms with Crippen LogP contribution in [0, 0.1) is 11.8 Å². The maximum absolute atomic E-state index is 13.4. The SMILES string of the molecule is CC[C@@H](C(=O)NOCc1ccccc1)[C@@H](CCc1ccc2ccccc2c1)C(=O)NCNC(=O)c1ccc(Br)o1. The van der Waals surface area contributed by atoms with Crippen molar-refractivity contribution < 1.29 is 23.6 Å². The summed E-state index contributed by atoms with van der Waals surface area (Å²) in [6, 6.07) is 26.9. The second kappa shape index (κ2) is 14.4. The van der Waals surface area contributed by atoms with Crippen LogP contribution in [0.3, 0.4) is 0 Å². The summed E-state index contributed by atoms with van der Waals surface area (Å²) < 4.78 is 5.68. The van der Waals surface area contributed by atoms with Gasteiger partial charge in [-0.05, 0) is 69.2 Å². The van der Waals surface area contributed by atoms with E-state index in [1.165, 1.54) is 6.07 Å². The molecule has 2 atom stereocenters. The van der Waals surface area contributed by atoms with Crippen LogP contribution in [0.2, 0.25) is 0 Å². The summed E-state index contributed by atoms with van der Waals surface area (Å²) in [6.45, 7) is 1.98. The van der Waals surface area contributed by atoms with E-state index in [1.54, 1.807) is 6.07 Å². The summed E-state index contributed by atoms with van der Waals surface area (Å²) in [5, 5.41) is 7.64. The van der Waals surface area contributed by atoms with E-state index in [2.05, 4.69) is 56.3 Å². The Kier molecular flexibility index (Phi) is 10.5. The van der Waals surface area contributed by atoms with Crippen molar-refractivity contribution in [3.05, 3.63) is 106 Å². The normalized spacial score (nSPS) is 12.4. The molecule has 1 heterocycles. The first-order chi connectivity index (χ1) is 19.4. The molecular weight excluding hydrogens is 574 g/mol. The van der Waals surface area contributed by atoms with E-state index in [1.807, 2.05) is 55.5 Å². The topological polar surface area (TPSA) is 110 Å². The van der Waals surface area contributed by atoms with E-state index in [0.29, 0.717) is 23.9 Å². The highest BCUT2D eigenvalue weighted by molar-refractivity contribution is 9.10. The van der Waals surface area contributed by atoms with Crippen LogP contribution in [0.1, 0.15) is 41.4 Å². The number of aryl methyl sites for hydroxylation is 1. The lowest BCUT2D eigenvalue weighted by molar-refractivity contribution is -0.144. The lowest BCUT2D eigenvalue weighted by atomic mass is 9.84. The molecule has 0 aliphatic heterocycles. The lowest BCUT2D eigenvalue weighted by Crippen LogP contribution is -2.45. The van der Waals surface area contributed by atoms with Gasteiger partial charge in [-0.2, -0.15) is 0 Å². The van der Waals surface area contributed by atoms with Crippen molar-refractivity contribution in [2.24, 2.45) is 11.8 Å². The van der Waals surface area contributed by atoms with Crippen molar-refractivity contribution in [3.63, 3.8) is 0 Å². The van der Waals surface area contributed by atoms with Crippen molar-refractivity contribution >= 4 is 44.4 Å². The fraction of sp³-hybridized carbons (Fsp3) is 0.258.